The summed E-state index contributed by atoms with van der Waals surface area (Å²) in [6.07, 6.45) is 13.4. The molecule has 3 aromatic rings. The van der Waals surface area contributed by atoms with Gasteiger partial charge in [0.2, 0.25) is 0 Å². The first-order chi connectivity index (χ1) is 11.8. The Labute approximate surface area is 140 Å². The van der Waals surface area contributed by atoms with E-state index in [0.29, 0.717) is 23.5 Å². The third-order valence-electron chi connectivity index (χ3n) is 4.73. The molecular weight excluding hydrogens is 304 g/mol. The van der Waals surface area contributed by atoms with Gasteiger partial charge in [-0.25, -0.2) is 15.0 Å². The van der Waals surface area contributed by atoms with E-state index in [0.717, 1.165) is 37.1 Å². The largest absolute Gasteiger partial charge is 0.461 e. The molecule has 0 aromatic carbocycles. The highest BCUT2D eigenvalue weighted by Gasteiger charge is 2.24. The fourth-order valence-corrected chi connectivity index (χ4v) is 3.49. The molecule has 0 bridgehead atoms. The zero-order valence-corrected chi connectivity index (χ0v) is 13.4. The number of aromatic nitrogens is 4. The predicted molar refractivity (Wildman–Crippen MR) is 89.0 cm³/mol. The normalized spacial score (nSPS) is 21.0. The highest BCUT2D eigenvalue weighted by molar-refractivity contribution is 5.55. The van der Waals surface area contributed by atoms with Crippen molar-refractivity contribution in [2.24, 2.45) is 5.92 Å². The monoisotopic (exact) mass is 324 g/mol. The number of imidazole rings is 1. The van der Waals surface area contributed by atoms with Crippen molar-refractivity contribution in [1.82, 2.24) is 19.5 Å². The van der Waals surface area contributed by atoms with Crippen LogP contribution in [-0.2, 0) is 0 Å². The smallest absolute Gasteiger partial charge is 0.195 e. The minimum absolute atomic E-state index is 0.265. The Bertz CT molecular complexity index is 780. The van der Waals surface area contributed by atoms with Gasteiger partial charge in [-0.1, -0.05) is 6.42 Å². The highest BCUT2D eigenvalue weighted by atomic mass is 16.3. The summed E-state index contributed by atoms with van der Waals surface area (Å²) in [7, 11) is 0. The molecule has 0 radical (unpaired) electrons. The summed E-state index contributed by atoms with van der Waals surface area (Å²) in [5, 5.41) is 9.46. The maximum absolute atomic E-state index is 9.46. The molecular formula is C18H20N4O2. The summed E-state index contributed by atoms with van der Waals surface area (Å²) in [5.74, 6) is 2.49. The first-order valence-electron chi connectivity index (χ1n) is 8.35. The lowest BCUT2D eigenvalue weighted by Gasteiger charge is -2.29. The van der Waals surface area contributed by atoms with Gasteiger partial charge in [-0.05, 0) is 37.3 Å². The molecule has 1 aliphatic rings. The molecule has 1 saturated carbocycles. The first-order valence-corrected chi connectivity index (χ1v) is 8.35. The van der Waals surface area contributed by atoms with Gasteiger partial charge in [-0.15, -0.1) is 0 Å². The van der Waals surface area contributed by atoms with E-state index in [1.54, 1.807) is 18.7 Å². The zero-order valence-electron chi connectivity index (χ0n) is 13.4. The van der Waals surface area contributed by atoms with Crippen molar-refractivity contribution in [3.05, 3.63) is 43.2 Å². The summed E-state index contributed by atoms with van der Waals surface area (Å²) in [6, 6.07) is 4.03. The molecule has 0 spiro atoms. The van der Waals surface area contributed by atoms with Gasteiger partial charge >= 0.3 is 0 Å². The van der Waals surface area contributed by atoms with E-state index in [9.17, 15) is 5.11 Å². The Morgan fingerprint density at radius 3 is 2.83 bits per heavy atom. The Morgan fingerprint density at radius 2 is 2.08 bits per heavy atom. The van der Waals surface area contributed by atoms with E-state index < -0.39 is 0 Å². The summed E-state index contributed by atoms with van der Waals surface area (Å²) in [4.78, 5) is 13.3. The lowest BCUT2D eigenvalue weighted by Crippen LogP contribution is -2.21. The molecule has 4 rings (SSSR count). The van der Waals surface area contributed by atoms with Crippen LogP contribution in [-0.4, -0.2) is 31.2 Å². The molecule has 1 fully saturated rings. The van der Waals surface area contributed by atoms with Crippen molar-refractivity contribution < 1.29 is 9.52 Å². The number of hydrogen-bond donors (Lipinski definition) is 1. The van der Waals surface area contributed by atoms with Crippen molar-refractivity contribution in [2.75, 3.05) is 6.61 Å². The molecule has 1 aliphatic carbocycles. The number of rotatable bonds is 4. The van der Waals surface area contributed by atoms with E-state index in [2.05, 4.69) is 19.5 Å². The lowest BCUT2D eigenvalue weighted by molar-refractivity contribution is 0.163. The van der Waals surface area contributed by atoms with Gasteiger partial charge in [0.15, 0.2) is 11.6 Å². The van der Waals surface area contributed by atoms with Crippen LogP contribution >= 0.6 is 0 Å². The fraction of sp³-hybridized carbons (Fsp3) is 0.389. The summed E-state index contributed by atoms with van der Waals surface area (Å²) < 4.78 is 7.53. The van der Waals surface area contributed by atoms with Crippen LogP contribution in [0.2, 0.25) is 0 Å². The zero-order chi connectivity index (χ0) is 16.4. The van der Waals surface area contributed by atoms with Gasteiger partial charge in [-0.3, -0.25) is 0 Å². The first kappa shape index (κ1) is 15.1. The van der Waals surface area contributed by atoms with E-state index in [1.807, 2.05) is 24.5 Å². The van der Waals surface area contributed by atoms with Crippen LogP contribution in [0.25, 0.3) is 23.0 Å². The number of nitrogens with zero attached hydrogens (tertiary/aromatic N) is 4. The van der Waals surface area contributed by atoms with Gasteiger partial charge in [0.25, 0.3) is 0 Å². The van der Waals surface area contributed by atoms with Crippen LogP contribution in [0.4, 0.5) is 0 Å². The third-order valence-corrected chi connectivity index (χ3v) is 4.73. The molecule has 3 heterocycles. The molecule has 3 aromatic heterocycles. The van der Waals surface area contributed by atoms with Crippen LogP contribution in [0.1, 0.15) is 31.7 Å². The Kier molecular flexibility index (Phi) is 4.13. The van der Waals surface area contributed by atoms with Crippen molar-refractivity contribution in [2.45, 2.75) is 31.7 Å². The van der Waals surface area contributed by atoms with Crippen molar-refractivity contribution in [1.29, 1.82) is 0 Å². The minimum atomic E-state index is 0.265. The maximum Gasteiger partial charge on any atom is 0.195 e. The van der Waals surface area contributed by atoms with Gasteiger partial charge in [0.1, 0.15) is 5.82 Å². The molecule has 124 valence electrons. The number of furan rings is 1. The van der Waals surface area contributed by atoms with E-state index in [4.69, 9.17) is 4.42 Å². The summed E-state index contributed by atoms with van der Waals surface area (Å²) >= 11 is 0. The Morgan fingerprint density at radius 1 is 1.21 bits per heavy atom. The van der Waals surface area contributed by atoms with Crippen LogP contribution in [0.3, 0.4) is 0 Å². The quantitative estimate of drug-likeness (QED) is 0.796. The van der Waals surface area contributed by atoms with Crippen molar-refractivity contribution >= 4 is 0 Å². The highest BCUT2D eigenvalue weighted by Crippen LogP contribution is 2.34. The summed E-state index contributed by atoms with van der Waals surface area (Å²) in [6.45, 7) is 0.265. The number of hydrogen-bond acceptors (Lipinski definition) is 5. The molecule has 0 saturated heterocycles. The molecule has 6 nitrogen and oxygen atoms in total. The van der Waals surface area contributed by atoms with Crippen LogP contribution in [0.5, 0.6) is 0 Å². The SMILES string of the molecule is OC[C@@H]1CCC[C@@H](n2ccnc2-c2cnc(-c3ccco3)nc2)C1. The van der Waals surface area contributed by atoms with Crippen LogP contribution in [0.15, 0.2) is 47.6 Å². The average Bonchev–Trinajstić information content (AvgIpc) is 3.33. The van der Waals surface area contributed by atoms with Crippen molar-refractivity contribution in [3.63, 3.8) is 0 Å². The van der Waals surface area contributed by atoms with E-state index >= 15 is 0 Å². The fourth-order valence-electron chi connectivity index (χ4n) is 3.49. The minimum Gasteiger partial charge on any atom is -0.461 e. The standard InChI is InChI=1S/C18H20N4O2/c23-12-13-3-1-4-15(9-13)22-7-6-19-18(22)14-10-20-17(21-11-14)16-5-2-8-24-16/h2,5-8,10-11,13,15,23H,1,3-4,9,12H2/t13-,15-/m1/s1. The van der Waals surface area contributed by atoms with E-state index in [1.165, 1.54) is 0 Å². The maximum atomic E-state index is 9.46. The van der Waals surface area contributed by atoms with Crippen molar-refractivity contribution in [3.8, 4) is 23.0 Å². The topological polar surface area (TPSA) is 77.0 Å². The predicted octanol–water partition coefficient (Wildman–Crippen LogP) is 3.32. The van der Waals surface area contributed by atoms with E-state index in [-0.39, 0.29) is 6.61 Å². The molecule has 0 amide bonds. The average molecular weight is 324 g/mol. The lowest BCUT2D eigenvalue weighted by atomic mass is 9.86. The number of aliphatic hydroxyl groups excluding tert-OH is 1. The summed E-state index contributed by atoms with van der Waals surface area (Å²) in [5.41, 5.74) is 0.890. The molecule has 1 N–H and O–H groups in total. The molecule has 24 heavy (non-hydrogen) atoms. The third kappa shape index (κ3) is 2.85. The second kappa shape index (κ2) is 6.57. The van der Waals surface area contributed by atoms with Gasteiger partial charge in [0.05, 0.1) is 11.8 Å². The molecule has 2 atom stereocenters. The second-order valence-corrected chi connectivity index (χ2v) is 6.30. The molecule has 0 unspecified atom stereocenters. The number of aliphatic hydroxyl groups is 1. The Balaban J connectivity index is 1.60. The van der Waals surface area contributed by atoms with Crippen LogP contribution in [0, 0.1) is 5.92 Å². The Hall–Kier alpha value is -2.47. The van der Waals surface area contributed by atoms with Crippen LogP contribution < -0.4 is 0 Å². The van der Waals surface area contributed by atoms with Gasteiger partial charge in [-0.2, -0.15) is 0 Å². The second-order valence-electron chi connectivity index (χ2n) is 6.30. The van der Waals surface area contributed by atoms with Gasteiger partial charge in [0, 0.05) is 37.4 Å². The molecule has 0 aliphatic heterocycles. The van der Waals surface area contributed by atoms with Gasteiger partial charge < -0.3 is 14.1 Å². The molecule has 6 heteroatoms.